The van der Waals surface area contributed by atoms with Gasteiger partial charge in [-0.15, -0.1) is 0 Å². The van der Waals surface area contributed by atoms with E-state index in [0.717, 1.165) is 19.4 Å². The number of nitrogens with one attached hydrogen (secondary N) is 1. The predicted octanol–water partition coefficient (Wildman–Crippen LogP) is 1.76. The molecular formula is C7H15N. The maximum atomic E-state index is 3.71. The van der Waals surface area contributed by atoms with Crippen molar-refractivity contribution < 1.29 is 0 Å². The quantitative estimate of drug-likeness (QED) is 0.536. The average molecular weight is 113 g/mol. The predicted molar refractivity (Wildman–Crippen MR) is 37.2 cm³/mol. The van der Waals surface area contributed by atoms with Gasteiger partial charge in [-0.25, -0.2) is 0 Å². The largest absolute Gasteiger partial charge is 0.312 e. The molecule has 0 saturated carbocycles. The molecular weight excluding hydrogens is 98.1 g/mol. The Morgan fingerprint density at radius 3 is 2.88 bits per heavy atom. The van der Waals surface area contributed by atoms with E-state index in [1.165, 1.54) is 6.42 Å². The summed E-state index contributed by atoms with van der Waals surface area (Å²) in [6.07, 6.45) is 3.28. The van der Waals surface area contributed by atoms with Crippen molar-refractivity contribution in [1.29, 1.82) is 0 Å². The molecule has 48 valence electrons. The molecule has 0 spiro atoms. The normalized spacial score (nSPS) is 9.75. The van der Waals surface area contributed by atoms with Gasteiger partial charge < -0.3 is 5.32 Å². The van der Waals surface area contributed by atoms with Gasteiger partial charge in [0.15, 0.2) is 0 Å². The molecule has 0 aliphatic rings. The van der Waals surface area contributed by atoms with Crippen molar-refractivity contribution in [2.75, 3.05) is 6.54 Å². The highest BCUT2D eigenvalue weighted by Gasteiger charge is 1.81. The van der Waals surface area contributed by atoms with Gasteiger partial charge in [-0.3, -0.25) is 0 Å². The molecule has 0 rings (SSSR count). The zero-order valence-electron chi connectivity index (χ0n) is 5.61. The summed E-state index contributed by atoms with van der Waals surface area (Å²) in [4.78, 5) is 0. The van der Waals surface area contributed by atoms with Gasteiger partial charge in [0.2, 0.25) is 0 Å². The van der Waals surface area contributed by atoms with Crippen LogP contribution in [0, 0.1) is 13.5 Å². The van der Waals surface area contributed by atoms with Crippen LogP contribution in [-0.4, -0.2) is 6.54 Å². The Balaban J connectivity index is 2.53. The van der Waals surface area contributed by atoms with Gasteiger partial charge in [-0.05, 0) is 19.4 Å². The maximum absolute atomic E-state index is 3.71. The molecule has 0 bridgehead atoms. The molecule has 0 fully saturated rings. The lowest BCUT2D eigenvalue weighted by molar-refractivity contribution is 0.720. The minimum Gasteiger partial charge on any atom is -0.312 e. The maximum Gasteiger partial charge on any atom is 0.0221 e. The highest BCUT2D eigenvalue weighted by molar-refractivity contribution is 4.60. The summed E-state index contributed by atoms with van der Waals surface area (Å²) in [7, 11) is 0. The molecule has 0 aromatic carbocycles. The summed E-state index contributed by atoms with van der Waals surface area (Å²) in [5.74, 6) is 0. The summed E-state index contributed by atoms with van der Waals surface area (Å²) >= 11 is 0. The lowest BCUT2D eigenvalue weighted by Gasteiger charge is -1.97. The molecule has 0 aromatic heterocycles. The second-order valence-electron chi connectivity index (χ2n) is 1.80. The van der Waals surface area contributed by atoms with E-state index in [2.05, 4.69) is 25.7 Å². The van der Waals surface area contributed by atoms with Crippen molar-refractivity contribution in [2.45, 2.75) is 26.2 Å². The van der Waals surface area contributed by atoms with Crippen LogP contribution in [0.5, 0.6) is 0 Å². The van der Waals surface area contributed by atoms with Crippen LogP contribution in [0.2, 0.25) is 0 Å². The van der Waals surface area contributed by atoms with Crippen molar-refractivity contribution in [1.82, 2.24) is 5.32 Å². The van der Waals surface area contributed by atoms with E-state index in [1.54, 1.807) is 0 Å². The third kappa shape index (κ3) is 5.96. The Morgan fingerprint density at radius 1 is 1.62 bits per heavy atom. The minimum absolute atomic E-state index is 0.997. The van der Waals surface area contributed by atoms with E-state index in [1.807, 2.05) is 0 Å². The Labute approximate surface area is 52.5 Å². The molecule has 0 aromatic rings. The topological polar surface area (TPSA) is 12.0 Å². The lowest BCUT2D eigenvalue weighted by atomic mass is 10.3. The van der Waals surface area contributed by atoms with Crippen LogP contribution in [0.25, 0.3) is 0 Å². The molecule has 0 unspecified atom stereocenters. The van der Waals surface area contributed by atoms with Gasteiger partial charge in [0.05, 0.1) is 0 Å². The van der Waals surface area contributed by atoms with E-state index in [-0.39, 0.29) is 0 Å². The second-order valence-corrected chi connectivity index (χ2v) is 1.80. The first-order valence-corrected chi connectivity index (χ1v) is 3.26. The number of unbranched alkanes of at least 4 members (excludes halogenated alkanes) is 1. The first kappa shape index (κ1) is 7.96. The zero-order chi connectivity index (χ0) is 6.24. The summed E-state index contributed by atoms with van der Waals surface area (Å²) in [5.41, 5.74) is 0. The zero-order valence-corrected chi connectivity index (χ0v) is 5.61. The Morgan fingerprint density at radius 2 is 2.38 bits per heavy atom. The van der Waals surface area contributed by atoms with Gasteiger partial charge >= 0.3 is 0 Å². The van der Waals surface area contributed by atoms with E-state index >= 15 is 0 Å². The first-order valence-electron chi connectivity index (χ1n) is 3.26. The van der Waals surface area contributed by atoms with Crippen LogP contribution in [0.15, 0.2) is 0 Å². The van der Waals surface area contributed by atoms with Crippen molar-refractivity contribution in [3.05, 3.63) is 13.5 Å². The Bertz CT molecular complexity index is 29.4. The second kappa shape index (κ2) is 6.96. The SMILES string of the molecule is [CH2]CC[CH]NCCC. The highest BCUT2D eigenvalue weighted by atomic mass is 14.8. The van der Waals surface area contributed by atoms with Crippen molar-refractivity contribution in [3.63, 3.8) is 0 Å². The molecule has 1 nitrogen and oxygen atoms in total. The molecule has 0 amide bonds. The van der Waals surface area contributed by atoms with Gasteiger partial charge in [0.25, 0.3) is 0 Å². The monoisotopic (exact) mass is 113 g/mol. The van der Waals surface area contributed by atoms with Crippen LogP contribution in [0.3, 0.4) is 0 Å². The van der Waals surface area contributed by atoms with E-state index in [4.69, 9.17) is 0 Å². The van der Waals surface area contributed by atoms with Crippen molar-refractivity contribution in [3.8, 4) is 0 Å². The number of hydrogen-bond acceptors (Lipinski definition) is 1. The molecule has 1 heteroatoms. The molecule has 0 atom stereocenters. The summed E-state index contributed by atoms with van der Waals surface area (Å²) in [5, 5.41) is 3.17. The molecule has 8 heavy (non-hydrogen) atoms. The van der Waals surface area contributed by atoms with E-state index in [9.17, 15) is 0 Å². The third-order valence-electron chi connectivity index (χ3n) is 0.887. The third-order valence-corrected chi connectivity index (χ3v) is 0.887. The molecule has 0 heterocycles. The fraction of sp³-hybridized carbons (Fsp3) is 0.714. The first-order chi connectivity index (χ1) is 3.91. The van der Waals surface area contributed by atoms with Crippen LogP contribution in [0.1, 0.15) is 26.2 Å². The summed E-state index contributed by atoms with van der Waals surface area (Å²) in [6.45, 7) is 9.05. The van der Waals surface area contributed by atoms with Gasteiger partial charge in [0.1, 0.15) is 0 Å². The van der Waals surface area contributed by atoms with Gasteiger partial charge in [-0.1, -0.05) is 20.3 Å². The lowest BCUT2D eigenvalue weighted by Crippen LogP contribution is -2.09. The highest BCUT2D eigenvalue weighted by Crippen LogP contribution is 1.86. The van der Waals surface area contributed by atoms with Gasteiger partial charge in [0, 0.05) is 6.54 Å². The number of hydrogen-bond donors (Lipinski definition) is 1. The summed E-state index contributed by atoms with van der Waals surface area (Å²) < 4.78 is 0. The van der Waals surface area contributed by atoms with E-state index in [0.29, 0.717) is 0 Å². The van der Waals surface area contributed by atoms with E-state index < -0.39 is 0 Å². The smallest absolute Gasteiger partial charge is 0.0221 e. The van der Waals surface area contributed by atoms with Crippen LogP contribution in [-0.2, 0) is 0 Å². The summed E-state index contributed by atoms with van der Waals surface area (Å²) in [6, 6.07) is 0. The van der Waals surface area contributed by atoms with Crippen LogP contribution >= 0.6 is 0 Å². The van der Waals surface area contributed by atoms with Crippen molar-refractivity contribution >= 4 is 0 Å². The molecule has 0 aliphatic heterocycles. The Hall–Kier alpha value is -0.0400. The Kier molecular flexibility index (Phi) is 6.93. The van der Waals surface area contributed by atoms with Crippen LogP contribution < -0.4 is 5.32 Å². The van der Waals surface area contributed by atoms with Gasteiger partial charge in [-0.2, -0.15) is 0 Å². The fourth-order valence-corrected chi connectivity index (χ4v) is 0.451. The number of rotatable bonds is 5. The van der Waals surface area contributed by atoms with Crippen LogP contribution in [0.4, 0.5) is 0 Å². The fourth-order valence-electron chi connectivity index (χ4n) is 0.451. The molecule has 1 N–H and O–H groups in total. The molecule has 0 saturated heterocycles. The minimum atomic E-state index is 0.997. The molecule has 2 radical (unpaired) electrons. The average Bonchev–Trinajstić information content (AvgIpc) is 1.81. The standard InChI is InChI=1S/C7H15N/c1-3-5-7-8-6-4-2/h7-8H,1,3-6H2,2H3. The molecule has 0 aliphatic carbocycles. The van der Waals surface area contributed by atoms with Crippen molar-refractivity contribution in [2.24, 2.45) is 0 Å².